The predicted octanol–water partition coefficient (Wildman–Crippen LogP) is 3.20. The van der Waals surface area contributed by atoms with Crippen molar-refractivity contribution in [2.24, 2.45) is 0 Å². The number of ether oxygens (including phenoxy) is 3. The molecule has 2 aromatic rings. The maximum Gasteiger partial charge on any atom is 0.298 e. The van der Waals surface area contributed by atoms with Crippen LogP contribution >= 0.6 is 0 Å². The molecule has 24 heavy (non-hydrogen) atoms. The topological polar surface area (TPSA) is 78.9 Å². The molecule has 0 atom stereocenters. The SMILES string of the molecule is CC(C)Oc1cc(OC=O)cc(Oc2ccc(S(C)(=O)=O)cc2)c1. The summed E-state index contributed by atoms with van der Waals surface area (Å²) >= 11 is 0. The third-order valence-corrected chi connectivity index (χ3v) is 4.03. The van der Waals surface area contributed by atoms with Gasteiger partial charge in [0.2, 0.25) is 0 Å². The minimum atomic E-state index is -3.26. The summed E-state index contributed by atoms with van der Waals surface area (Å²) in [7, 11) is -3.26. The molecule has 128 valence electrons. The van der Waals surface area contributed by atoms with Crippen molar-refractivity contribution in [3.63, 3.8) is 0 Å². The van der Waals surface area contributed by atoms with E-state index in [0.717, 1.165) is 6.26 Å². The van der Waals surface area contributed by atoms with Crippen molar-refractivity contribution in [1.82, 2.24) is 0 Å². The molecule has 2 rings (SSSR count). The molecule has 0 saturated carbocycles. The third kappa shape index (κ3) is 4.99. The van der Waals surface area contributed by atoms with Crippen molar-refractivity contribution in [2.45, 2.75) is 24.8 Å². The van der Waals surface area contributed by atoms with Gasteiger partial charge in [0.25, 0.3) is 6.47 Å². The van der Waals surface area contributed by atoms with Crippen LogP contribution in [-0.2, 0) is 14.6 Å². The molecule has 2 aromatic carbocycles. The highest BCUT2D eigenvalue weighted by molar-refractivity contribution is 7.90. The number of benzene rings is 2. The van der Waals surface area contributed by atoms with Crippen LogP contribution in [0.5, 0.6) is 23.0 Å². The van der Waals surface area contributed by atoms with Gasteiger partial charge in [0.05, 0.1) is 11.0 Å². The van der Waals surface area contributed by atoms with Gasteiger partial charge >= 0.3 is 0 Å². The highest BCUT2D eigenvalue weighted by Gasteiger charge is 2.09. The fourth-order valence-electron chi connectivity index (χ4n) is 1.96. The van der Waals surface area contributed by atoms with Gasteiger partial charge in [0.1, 0.15) is 23.0 Å². The highest BCUT2D eigenvalue weighted by atomic mass is 32.2. The maximum absolute atomic E-state index is 11.5. The lowest BCUT2D eigenvalue weighted by Crippen LogP contribution is -2.05. The van der Waals surface area contributed by atoms with E-state index in [-0.39, 0.29) is 16.7 Å². The Hall–Kier alpha value is -2.54. The zero-order chi connectivity index (χ0) is 17.7. The van der Waals surface area contributed by atoms with Crippen molar-refractivity contribution >= 4 is 16.3 Å². The summed E-state index contributed by atoms with van der Waals surface area (Å²) in [5.74, 6) is 1.62. The smallest absolute Gasteiger partial charge is 0.298 e. The highest BCUT2D eigenvalue weighted by Crippen LogP contribution is 2.31. The van der Waals surface area contributed by atoms with Crippen molar-refractivity contribution in [3.05, 3.63) is 42.5 Å². The van der Waals surface area contributed by atoms with Crippen molar-refractivity contribution in [3.8, 4) is 23.0 Å². The Morgan fingerprint density at radius 3 is 2.04 bits per heavy atom. The average Bonchev–Trinajstić information content (AvgIpc) is 2.46. The molecular formula is C17H18O6S. The summed E-state index contributed by atoms with van der Waals surface area (Å²) in [4.78, 5) is 10.8. The lowest BCUT2D eigenvalue weighted by Gasteiger charge is -2.13. The van der Waals surface area contributed by atoms with Crippen LogP contribution in [0, 0.1) is 0 Å². The zero-order valence-electron chi connectivity index (χ0n) is 13.6. The molecule has 0 amide bonds. The average molecular weight is 350 g/mol. The Balaban J connectivity index is 2.27. The molecular weight excluding hydrogens is 332 g/mol. The number of sulfone groups is 1. The van der Waals surface area contributed by atoms with Gasteiger partial charge in [-0.05, 0) is 38.1 Å². The molecule has 0 spiro atoms. The predicted molar refractivity (Wildman–Crippen MR) is 88.5 cm³/mol. The summed E-state index contributed by atoms with van der Waals surface area (Å²) in [5, 5.41) is 0. The molecule has 0 aliphatic rings. The number of hydrogen-bond donors (Lipinski definition) is 0. The van der Waals surface area contributed by atoms with Crippen LogP contribution in [0.3, 0.4) is 0 Å². The van der Waals surface area contributed by atoms with E-state index in [4.69, 9.17) is 14.2 Å². The summed E-state index contributed by atoms with van der Waals surface area (Å²) in [6, 6.07) is 10.8. The van der Waals surface area contributed by atoms with E-state index >= 15 is 0 Å². The van der Waals surface area contributed by atoms with E-state index in [2.05, 4.69) is 0 Å². The minimum absolute atomic E-state index is 0.0571. The molecule has 0 heterocycles. The van der Waals surface area contributed by atoms with Crippen LogP contribution in [-0.4, -0.2) is 27.2 Å². The van der Waals surface area contributed by atoms with E-state index in [0.29, 0.717) is 23.7 Å². The molecule has 6 nitrogen and oxygen atoms in total. The molecule has 0 aliphatic heterocycles. The Kier molecular flexibility index (Phi) is 5.46. The number of carbonyl (C=O) groups is 1. The summed E-state index contributed by atoms with van der Waals surface area (Å²) in [6.07, 6.45) is 1.08. The van der Waals surface area contributed by atoms with Crippen molar-refractivity contribution in [2.75, 3.05) is 6.26 Å². The van der Waals surface area contributed by atoms with E-state index in [9.17, 15) is 13.2 Å². The number of hydrogen-bond acceptors (Lipinski definition) is 6. The summed E-state index contributed by atoms with van der Waals surface area (Å²) in [6.45, 7) is 4.06. The summed E-state index contributed by atoms with van der Waals surface area (Å²) < 4.78 is 39.0. The van der Waals surface area contributed by atoms with Gasteiger partial charge in [-0.3, -0.25) is 4.79 Å². The van der Waals surface area contributed by atoms with Gasteiger partial charge in [0, 0.05) is 24.5 Å². The largest absolute Gasteiger partial charge is 0.491 e. The van der Waals surface area contributed by atoms with Gasteiger partial charge < -0.3 is 14.2 Å². The fraction of sp³-hybridized carbons (Fsp3) is 0.235. The van der Waals surface area contributed by atoms with Crippen LogP contribution < -0.4 is 14.2 Å². The quantitative estimate of drug-likeness (QED) is 0.714. The number of rotatable bonds is 7. The van der Waals surface area contributed by atoms with Gasteiger partial charge in [0.15, 0.2) is 9.84 Å². The molecule has 0 N–H and O–H groups in total. The fourth-order valence-corrected chi connectivity index (χ4v) is 2.59. The minimum Gasteiger partial charge on any atom is -0.491 e. The van der Waals surface area contributed by atoms with Crippen LogP contribution in [0.4, 0.5) is 0 Å². The lowest BCUT2D eigenvalue weighted by molar-refractivity contribution is -0.120. The van der Waals surface area contributed by atoms with Gasteiger partial charge in [-0.2, -0.15) is 0 Å². The van der Waals surface area contributed by atoms with Gasteiger partial charge in [-0.1, -0.05) is 0 Å². The Morgan fingerprint density at radius 1 is 0.917 bits per heavy atom. The van der Waals surface area contributed by atoms with Crippen LogP contribution in [0.25, 0.3) is 0 Å². The van der Waals surface area contributed by atoms with Crippen LogP contribution in [0.2, 0.25) is 0 Å². The molecule has 0 aromatic heterocycles. The lowest BCUT2D eigenvalue weighted by atomic mass is 10.3. The first kappa shape index (κ1) is 17.8. The molecule has 0 fully saturated rings. The van der Waals surface area contributed by atoms with Gasteiger partial charge in [-0.25, -0.2) is 8.42 Å². The van der Waals surface area contributed by atoms with E-state index in [1.54, 1.807) is 24.3 Å². The first-order valence-corrected chi connectivity index (χ1v) is 9.07. The normalized spacial score (nSPS) is 11.2. The Morgan fingerprint density at radius 2 is 1.50 bits per heavy atom. The van der Waals surface area contributed by atoms with Crippen molar-refractivity contribution < 1.29 is 27.4 Å². The molecule has 0 bridgehead atoms. The standard InChI is InChI=1S/C17H18O6S/c1-12(2)22-15-8-14(21-11-18)9-16(10-15)23-13-4-6-17(7-5-13)24(3,19)20/h4-12H,1-3H3. The number of carbonyl (C=O) groups excluding carboxylic acids is 1. The molecule has 0 unspecified atom stereocenters. The second kappa shape index (κ2) is 7.35. The van der Waals surface area contributed by atoms with E-state index in [1.807, 2.05) is 13.8 Å². The molecule has 0 radical (unpaired) electrons. The monoisotopic (exact) mass is 350 g/mol. The van der Waals surface area contributed by atoms with E-state index in [1.165, 1.54) is 18.2 Å². The molecule has 0 saturated heterocycles. The zero-order valence-corrected chi connectivity index (χ0v) is 14.4. The van der Waals surface area contributed by atoms with E-state index < -0.39 is 9.84 Å². The van der Waals surface area contributed by atoms with Crippen molar-refractivity contribution in [1.29, 1.82) is 0 Å². The third-order valence-electron chi connectivity index (χ3n) is 2.90. The first-order valence-electron chi connectivity index (χ1n) is 7.18. The van der Waals surface area contributed by atoms with Gasteiger partial charge in [-0.15, -0.1) is 0 Å². The Labute approximate surface area is 140 Å². The maximum atomic E-state index is 11.5. The van der Waals surface area contributed by atoms with Crippen LogP contribution in [0.1, 0.15) is 13.8 Å². The molecule has 7 heteroatoms. The second-order valence-electron chi connectivity index (χ2n) is 5.37. The summed E-state index contributed by atoms with van der Waals surface area (Å²) in [5.41, 5.74) is 0. The Bertz CT molecular complexity index is 809. The second-order valence-corrected chi connectivity index (χ2v) is 7.38. The first-order chi connectivity index (χ1) is 11.3. The molecule has 0 aliphatic carbocycles. The van der Waals surface area contributed by atoms with Crippen LogP contribution in [0.15, 0.2) is 47.4 Å².